The van der Waals surface area contributed by atoms with Crippen molar-refractivity contribution in [3.8, 4) is 0 Å². The van der Waals surface area contributed by atoms with Crippen LogP contribution in [0.4, 0.5) is 6.01 Å². The highest BCUT2D eigenvalue weighted by Crippen LogP contribution is 2.14. The van der Waals surface area contributed by atoms with Gasteiger partial charge in [0, 0.05) is 25.9 Å². The topological polar surface area (TPSA) is 64.1 Å². The molecule has 0 spiro atoms. The van der Waals surface area contributed by atoms with Crippen LogP contribution in [0.1, 0.15) is 11.5 Å². The summed E-state index contributed by atoms with van der Waals surface area (Å²) in [4.78, 5) is 4.08. The molecule has 2 rings (SSSR count). The third-order valence-electron chi connectivity index (χ3n) is 1.86. The number of fused-ring (bicyclic) bond motifs is 1. The number of hydrogen-bond donors (Lipinski definition) is 2. The van der Waals surface area contributed by atoms with Crippen LogP contribution in [0.25, 0.3) is 0 Å². The average molecular weight is 153 g/mol. The monoisotopic (exact) mass is 153 g/mol. The quantitative estimate of drug-likeness (QED) is 0.548. The van der Waals surface area contributed by atoms with E-state index in [0.29, 0.717) is 6.01 Å². The second-order valence-corrected chi connectivity index (χ2v) is 2.67. The number of hydrogen-bond acceptors (Lipinski definition) is 4. The van der Waals surface area contributed by atoms with E-state index >= 15 is 0 Å². The van der Waals surface area contributed by atoms with Gasteiger partial charge in [-0.15, -0.1) is 0 Å². The molecule has 0 fully saturated rings. The molecule has 1 aliphatic rings. The van der Waals surface area contributed by atoms with E-state index < -0.39 is 0 Å². The molecule has 0 radical (unpaired) electrons. The molecule has 0 unspecified atom stereocenters. The maximum absolute atomic E-state index is 5.41. The Morgan fingerprint density at radius 2 is 2.18 bits per heavy atom. The molecule has 4 nitrogen and oxygen atoms in total. The van der Waals surface area contributed by atoms with Crippen molar-refractivity contribution in [1.82, 2.24) is 10.3 Å². The Kier molecular flexibility index (Phi) is 1.54. The fourth-order valence-electron chi connectivity index (χ4n) is 1.33. The second kappa shape index (κ2) is 2.54. The van der Waals surface area contributed by atoms with E-state index in [-0.39, 0.29) is 0 Å². The van der Waals surface area contributed by atoms with Crippen molar-refractivity contribution in [2.24, 2.45) is 0 Å². The van der Waals surface area contributed by atoms with E-state index in [0.717, 1.165) is 37.4 Å². The molecule has 4 heteroatoms. The Morgan fingerprint density at radius 1 is 1.36 bits per heavy atom. The highest BCUT2D eigenvalue weighted by molar-refractivity contribution is 5.21. The van der Waals surface area contributed by atoms with Gasteiger partial charge in [-0.2, -0.15) is 4.98 Å². The zero-order valence-corrected chi connectivity index (χ0v) is 6.26. The van der Waals surface area contributed by atoms with E-state index in [1.165, 1.54) is 0 Å². The molecule has 1 aliphatic heterocycles. The van der Waals surface area contributed by atoms with Crippen LogP contribution >= 0.6 is 0 Å². The van der Waals surface area contributed by atoms with Gasteiger partial charge in [0.15, 0.2) is 0 Å². The van der Waals surface area contributed by atoms with Crippen molar-refractivity contribution in [1.29, 1.82) is 0 Å². The lowest BCUT2D eigenvalue weighted by Crippen LogP contribution is -2.16. The van der Waals surface area contributed by atoms with Gasteiger partial charge in [0.05, 0.1) is 5.69 Å². The maximum Gasteiger partial charge on any atom is 0.292 e. The summed E-state index contributed by atoms with van der Waals surface area (Å²) >= 11 is 0. The zero-order valence-electron chi connectivity index (χ0n) is 6.26. The third-order valence-corrected chi connectivity index (χ3v) is 1.86. The first kappa shape index (κ1) is 6.67. The summed E-state index contributed by atoms with van der Waals surface area (Å²) in [5, 5.41) is 3.26. The molecule has 3 N–H and O–H groups in total. The van der Waals surface area contributed by atoms with E-state index in [1.807, 2.05) is 0 Å². The highest BCUT2D eigenvalue weighted by atomic mass is 16.4. The summed E-state index contributed by atoms with van der Waals surface area (Å²) in [6, 6.07) is 0.303. The lowest BCUT2D eigenvalue weighted by molar-refractivity contribution is 0.518. The van der Waals surface area contributed by atoms with Crippen LogP contribution in [0.3, 0.4) is 0 Å². The Hall–Kier alpha value is -1.03. The number of oxazole rings is 1. The minimum Gasteiger partial charge on any atom is -0.429 e. The summed E-state index contributed by atoms with van der Waals surface area (Å²) < 4.78 is 5.21. The van der Waals surface area contributed by atoms with E-state index in [2.05, 4.69) is 10.3 Å². The van der Waals surface area contributed by atoms with E-state index in [9.17, 15) is 0 Å². The minimum atomic E-state index is 0.303. The summed E-state index contributed by atoms with van der Waals surface area (Å²) in [5.41, 5.74) is 6.43. The van der Waals surface area contributed by atoms with Gasteiger partial charge in [-0.25, -0.2) is 0 Å². The lowest BCUT2D eigenvalue weighted by Gasteiger charge is -1.93. The van der Waals surface area contributed by atoms with Gasteiger partial charge in [0.2, 0.25) is 0 Å². The molecule has 1 aromatic heterocycles. The number of rotatable bonds is 0. The number of anilines is 1. The van der Waals surface area contributed by atoms with E-state index in [4.69, 9.17) is 10.2 Å². The first-order valence-corrected chi connectivity index (χ1v) is 3.81. The minimum absolute atomic E-state index is 0.303. The fraction of sp³-hybridized carbons (Fsp3) is 0.571. The van der Waals surface area contributed by atoms with Crippen LogP contribution in [0.15, 0.2) is 4.42 Å². The second-order valence-electron chi connectivity index (χ2n) is 2.67. The molecular weight excluding hydrogens is 142 g/mol. The number of nitrogens with zero attached hydrogens (tertiary/aromatic N) is 1. The van der Waals surface area contributed by atoms with Crippen LogP contribution in [-0.2, 0) is 12.8 Å². The largest absolute Gasteiger partial charge is 0.429 e. The first-order chi connectivity index (χ1) is 5.36. The normalized spacial score (nSPS) is 17.5. The van der Waals surface area contributed by atoms with Gasteiger partial charge < -0.3 is 15.5 Å². The summed E-state index contributed by atoms with van der Waals surface area (Å²) in [6.45, 7) is 1.93. The summed E-state index contributed by atoms with van der Waals surface area (Å²) in [6.07, 6.45) is 1.83. The first-order valence-electron chi connectivity index (χ1n) is 3.81. The van der Waals surface area contributed by atoms with Gasteiger partial charge in [0.1, 0.15) is 5.76 Å². The van der Waals surface area contributed by atoms with Crippen molar-refractivity contribution in [3.63, 3.8) is 0 Å². The Balaban J connectivity index is 2.32. The SMILES string of the molecule is Nc1nc2c(o1)CCNCC2. The van der Waals surface area contributed by atoms with Gasteiger partial charge in [-0.1, -0.05) is 0 Å². The summed E-state index contributed by atoms with van der Waals surface area (Å²) in [5.74, 6) is 0.951. The van der Waals surface area contributed by atoms with Gasteiger partial charge >= 0.3 is 0 Å². The molecule has 2 heterocycles. The maximum atomic E-state index is 5.41. The molecule has 11 heavy (non-hydrogen) atoms. The van der Waals surface area contributed by atoms with Crippen LogP contribution in [-0.4, -0.2) is 18.1 Å². The fourth-order valence-corrected chi connectivity index (χ4v) is 1.33. The van der Waals surface area contributed by atoms with Crippen molar-refractivity contribution >= 4 is 6.01 Å². The number of nitrogens with one attached hydrogen (secondary N) is 1. The lowest BCUT2D eigenvalue weighted by atomic mass is 10.2. The van der Waals surface area contributed by atoms with Gasteiger partial charge in [-0.05, 0) is 0 Å². The van der Waals surface area contributed by atoms with Crippen LogP contribution in [0.5, 0.6) is 0 Å². The molecule has 60 valence electrons. The molecular formula is C7H11N3O. The van der Waals surface area contributed by atoms with Crippen LogP contribution in [0.2, 0.25) is 0 Å². The molecule has 1 aromatic rings. The van der Waals surface area contributed by atoms with Crippen molar-refractivity contribution in [2.45, 2.75) is 12.8 Å². The van der Waals surface area contributed by atoms with Crippen LogP contribution in [0, 0.1) is 0 Å². The van der Waals surface area contributed by atoms with E-state index in [1.54, 1.807) is 0 Å². The Bertz CT molecular complexity index is 233. The van der Waals surface area contributed by atoms with Crippen molar-refractivity contribution < 1.29 is 4.42 Å². The number of nitrogens with two attached hydrogens (primary N) is 1. The Morgan fingerprint density at radius 3 is 3.09 bits per heavy atom. The molecule has 0 bridgehead atoms. The predicted molar refractivity (Wildman–Crippen MR) is 41.2 cm³/mol. The van der Waals surface area contributed by atoms with Gasteiger partial charge in [0.25, 0.3) is 6.01 Å². The standard InChI is InChI=1S/C7H11N3O/c8-7-10-5-1-3-9-4-2-6(5)11-7/h9H,1-4H2,(H2,8,10). The molecule has 0 aliphatic carbocycles. The molecule has 0 aromatic carbocycles. The smallest absolute Gasteiger partial charge is 0.292 e. The molecule has 0 saturated carbocycles. The average Bonchev–Trinajstić information content (AvgIpc) is 2.17. The summed E-state index contributed by atoms with van der Waals surface area (Å²) in [7, 11) is 0. The predicted octanol–water partition coefficient (Wildman–Crippen LogP) is -0.0550. The van der Waals surface area contributed by atoms with Crippen LogP contribution < -0.4 is 11.1 Å². The third kappa shape index (κ3) is 1.21. The molecule has 0 amide bonds. The van der Waals surface area contributed by atoms with Crippen molar-refractivity contribution in [3.05, 3.63) is 11.5 Å². The number of aromatic nitrogens is 1. The van der Waals surface area contributed by atoms with Crippen molar-refractivity contribution in [2.75, 3.05) is 18.8 Å². The number of nitrogen functional groups attached to an aromatic ring is 1. The van der Waals surface area contributed by atoms with Gasteiger partial charge in [-0.3, -0.25) is 0 Å². The Labute approximate surface area is 64.8 Å². The molecule has 0 saturated heterocycles. The zero-order chi connectivity index (χ0) is 7.68. The molecule has 0 atom stereocenters. The highest BCUT2D eigenvalue weighted by Gasteiger charge is 2.13.